The smallest absolute Gasteiger partial charge is 0.231 e. The summed E-state index contributed by atoms with van der Waals surface area (Å²) in [6.07, 6.45) is 0.182. The largest absolute Gasteiger partial charge is 0.312 e. The Morgan fingerprint density at radius 2 is 2.11 bits per heavy atom. The average Bonchev–Trinajstić information content (AvgIpc) is 3.18. The maximum Gasteiger partial charge on any atom is 0.231 e. The molecule has 5 nitrogen and oxygen atoms in total. The monoisotopic (exact) mass is 399 g/mol. The molecule has 1 aliphatic heterocycles. The van der Waals surface area contributed by atoms with Crippen LogP contribution in [0.2, 0.25) is 5.02 Å². The molecule has 0 radical (unpaired) electrons. The Balaban J connectivity index is 1.51. The number of halogens is 1. The number of amides is 2. The first kappa shape index (κ1) is 17.9. The molecule has 0 aliphatic carbocycles. The fraction of sp³-hybridized carbons (Fsp3) is 0.250. The summed E-state index contributed by atoms with van der Waals surface area (Å²) in [4.78, 5) is 31.2. The Kier molecular flexibility index (Phi) is 4.61. The van der Waals surface area contributed by atoms with Gasteiger partial charge in [-0.3, -0.25) is 9.59 Å². The van der Waals surface area contributed by atoms with E-state index in [4.69, 9.17) is 11.6 Å². The predicted octanol–water partition coefficient (Wildman–Crippen LogP) is 4.56. The number of anilines is 2. The number of aromatic nitrogens is 1. The highest BCUT2D eigenvalue weighted by molar-refractivity contribution is 7.22. The molecule has 2 heterocycles. The molecule has 4 rings (SSSR count). The number of rotatable bonds is 3. The lowest BCUT2D eigenvalue weighted by Gasteiger charge is -2.16. The van der Waals surface area contributed by atoms with Gasteiger partial charge in [0.05, 0.1) is 16.1 Å². The molecular weight excluding hydrogens is 382 g/mol. The summed E-state index contributed by atoms with van der Waals surface area (Å²) in [6, 6.07) is 11.2. The molecule has 3 aromatic rings. The lowest BCUT2D eigenvalue weighted by atomic mass is 10.1. The van der Waals surface area contributed by atoms with Gasteiger partial charge in [-0.15, -0.1) is 0 Å². The second kappa shape index (κ2) is 6.94. The molecule has 138 valence electrons. The quantitative estimate of drug-likeness (QED) is 0.702. The summed E-state index contributed by atoms with van der Waals surface area (Å²) in [7, 11) is 0. The fourth-order valence-electron chi connectivity index (χ4n) is 3.41. The molecule has 2 amide bonds. The molecule has 1 fully saturated rings. The third-order valence-corrected chi connectivity index (χ3v) is 5.83. The minimum absolute atomic E-state index is 0.0758. The van der Waals surface area contributed by atoms with Gasteiger partial charge in [0.25, 0.3) is 0 Å². The van der Waals surface area contributed by atoms with Crippen LogP contribution in [-0.4, -0.2) is 23.3 Å². The van der Waals surface area contributed by atoms with Gasteiger partial charge < -0.3 is 10.2 Å². The normalized spacial score (nSPS) is 16.9. The van der Waals surface area contributed by atoms with Crippen molar-refractivity contribution in [1.82, 2.24) is 4.98 Å². The maximum absolute atomic E-state index is 12.7. The van der Waals surface area contributed by atoms with Crippen LogP contribution in [0.25, 0.3) is 10.2 Å². The fourth-order valence-corrected chi connectivity index (χ4v) is 4.64. The summed E-state index contributed by atoms with van der Waals surface area (Å²) < 4.78 is 1.05. The van der Waals surface area contributed by atoms with Gasteiger partial charge in [-0.2, -0.15) is 0 Å². The van der Waals surface area contributed by atoms with Crippen molar-refractivity contribution in [2.75, 3.05) is 16.8 Å². The van der Waals surface area contributed by atoms with E-state index in [1.165, 1.54) is 16.9 Å². The summed E-state index contributed by atoms with van der Waals surface area (Å²) in [5, 5.41) is 4.02. The molecule has 1 aliphatic rings. The average molecular weight is 400 g/mol. The van der Waals surface area contributed by atoms with Gasteiger partial charge in [0.1, 0.15) is 0 Å². The van der Waals surface area contributed by atoms with Gasteiger partial charge in [-0.05, 0) is 49.2 Å². The number of aryl methyl sites for hydroxylation is 2. The highest BCUT2D eigenvalue weighted by atomic mass is 35.5. The molecule has 1 unspecified atom stereocenters. The van der Waals surface area contributed by atoms with E-state index in [-0.39, 0.29) is 18.2 Å². The molecule has 1 atom stereocenters. The van der Waals surface area contributed by atoms with Gasteiger partial charge in [0.15, 0.2) is 5.13 Å². The van der Waals surface area contributed by atoms with E-state index in [0.717, 1.165) is 15.8 Å². The molecule has 1 saturated heterocycles. The number of hydrogen-bond donors (Lipinski definition) is 1. The topological polar surface area (TPSA) is 62.3 Å². The first-order chi connectivity index (χ1) is 12.9. The van der Waals surface area contributed by atoms with E-state index >= 15 is 0 Å². The van der Waals surface area contributed by atoms with Crippen LogP contribution in [0, 0.1) is 19.8 Å². The summed E-state index contributed by atoms with van der Waals surface area (Å²) in [5.41, 5.74) is 3.88. The van der Waals surface area contributed by atoms with Crippen molar-refractivity contribution in [3.8, 4) is 0 Å². The zero-order valence-electron chi connectivity index (χ0n) is 15.0. The Morgan fingerprint density at radius 1 is 1.30 bits per heavy atom. The molecule has 0 bridgehead atoms. The predicted molar refractivity (Wildman–Crippen MR) is 110 cm³/mol. The Bertz CT molecular complexity index is 1060. The number of carbonyl (C=O) groups is 2. The second-order valence-corrected chi connectivity index (χ2v) is 8.29. The van der Waals surface area contributed by atoms with Crippen molar-refractivity contribution in [1.29, 1.82) is 0 Å². The third kappa shape index (κ3) is 3.55. The van der Waals surface area contributed by atoms with Crippen LogP contribution in [0.15, 0.2) is 36.4 Å². The molecule has 27 heavy (non-hydrogen) atoms. The molecular formula is C20H18ClN3O2S. The van der Waals surface area contributed by atoms with E-state index in [1.807, 2.05) is 19.9 Å². The molecule has 1 aromatic heterocycles. The van der Waals surface area contributed by atoms with Crippen LogP contribution in [0.3, 0.4) is 0 Å². The number of hydrogen-bond acceptors (Lipinski definition) is 4. The van der Waals surface area contributed by atoms with E-state index in [9.17, 15) is 9.59 Å². The van der Waals surface area contributed by atoms with Crippen molar-refractivity contribution in [3.63, 3.8) is 0 Å². The van der Waals surface area contributed by atoms with Crippen molar-refractivity contribution < 1.29 is 9.59 Å². The van der Waals surface area contributed by atoms with Crippen LogP contribution in [0.1, 0.15) is 17.5 Å². The van der Waals surface area contributed by atoms with Crippen LogP contribution >= 0.6 is 22.9 Å². The summed E-state index contributed by atoms with van der Waals surface area (Å²) in [5.74, 6) is -0.666. The number of nitrogens with zero attached hydrogens (tertiary/aromatic N) is 2. The van der Waals surface area contributed by atoms with E-state index < -0.39 is 5.92 Å². The van der Waals surface area contributed by atoms with Gasteiger partial charge in [0, 0.05) is 23.7 Å². The number of fused-ring (bicyclic) bond motifs is 1. The maximum atomic E-state index is 12.7. The first-order valence-electron chi connectivity index (χ1n) is 8.65. The summed E-state index contributed by atoms with van der Waals surface area (Å²) in [6.45, 7) is 4.40. The number of thiazole rings is 1. The highest BCUT2D eigenvalue weighted by Gasteiger charge is 2.35. The van der Waals surface area contributed by atoms with Gasteiger partial charge >= 0.3 is 0 Å². The zero-order chi connectivity index (χ0) is 19.1. The van der Waals surface area contributed by atoms with Gasteiger partial charge in [-0.1, -0.05) is 35.1 Å². The van der Waals surface area contributed by atoms with Gasteiger partial charge in [0.2, 0.25) is 11.8 Å². The number of nitrogens with one attached hydrogen (secondary N) is 1. The standard InChI is InChI=1S/C20H18ClN3O2S/c1-11-6-12(2)18-16(7-11)27-20(22-18)23-19(26)13-8-17(25)24(10-13)15-5-3-4-14(21)9-15/h3-7,9,13H,8,10H2,1-2H3,(H,22,23,26). The summed E-state index contributed by atoms with van der Waals surface area (Å²) >= 11 is 7.47. The van der Waals surface area contributed by atoms with Crippen molar-refractivity contribution in [2.24, 2.45) is 5.92 Å². The lowest BCUT2D eigenvalue weighted by Crippen LogP contribution is -2.28. The highest BCUT2D eigenvalue weighted by Crippen LogP contribution is 2.31. The van der Waals surface area contributed by atoms with Crippen molar-refractivity contribution >= 4 is 55.8 Å². The Labute approximate surface area is 166 Å². The van der Waals surface area contributed by atoms with Crippen LogP contribution < -0.4 is 10.2 Å². The van der Waals surface area contributed by atoms with Crippen LogP contribution in [0.4, 0.5) is 10.8 Å². The Hall–Kier alpha value is -2.44. The van der Waals surface area contributed by atoms with Crippen molar-refractivity contribution in [3.05, 3.63) is 52.5 Å². The van der Waals surface area contributed by atoms with E-state index in [0.29, 0.717) is 22.4 Å². The van der Waals surface area contributed by atoms with Crippen LogP contribution in [-0.2, 0) is 9.59 Å². The third-order valence-electron chi connectivity index (χ3n) is 4.68. The van der Waals surface area contributed by atoms with E-state index in [1.54, 1.807) is 23.1 Å². The minimum Gasteiger partial charge on any atom is -0.312 e. The second-order valence-electron chi connectivity index (χ2n) is 6.82. The molecule has 2 aromatic carbocycles. The van der Waals surface area contributed by atoms with Crippen LogP contribution in [0.5, 0.6) is 0 Å². The Morgan fingerprint density at radius 3 is 2.89 bits per heavy atom. The molecule has 7 heteroatoms. The molecule has 0 saturated carbocycles. The zero-order valence-corrected chi connectivity index (χ0v) is 16.5. The van der Waals surface area contributed by atoms with E-state index in [2.05, 4.69) is 22.4 Å². The SMILES string of the molecule is Cc1cc(C)c2nc(NC(=O)C3CC(=O)N(c4cccc(Cl)c4)C3)sc2c1. The lowest BCUT2D eigenvalue weighted by molar-refractivity contribution is -0.122. The molecule has 0 spiro atoms. The molecule has 1 N–H and O–H groups in total. The minimum atomic E-state index is -0.411. The first-order valence-corrected chi connectivity index (χ1v) is 9.85. The number of benzene rings is 2. The van der Waals surface area contributed by atoms with Gasteiger partial charge in [-0.25, -0.2) is 4.98 Å². The number of carbonyl (C=O) groups excluding carboxylic acids is 2. The van der Waals surface area contributed by atoms with Crippen molar-refractivity contribution in [2.45, 2.75) is 20.3 Å².